The van der Waals surface area contributed by atoms with Gasteiger partial charge in [0.05, 0.1) is 5.60 Å². The highest BCUT2D eigenvalue weighted by Gasteiger charge is 2.34. The zero-order chi connectivity index (χ0) is 14.4. The molecule has 0 aliphatic carbocycles. The Balaban J connectivity index is 1.74. The summed E-state index contributed by atoms with van der Waals surface area (Å²) in [5.41, 5.74) is 0.622. The van der Waals surface area contributed by atoms with Crippen LogP contribution in [0.2, 0.25) is 0 Å². The summed E-state index contributed by atoms with van der Waals surface area (Å²) < 4.78 is 18.3. The van der Waals surface area contributed by atoms with Crippen molar-refractivity contribution in [3.63, 3.8) is 0 Å². The van der Waals surface area contributed by atoms with Crippen LogP contribution < -0.4 is 10.6 Å². The fourth-order valence-electron chi connectivity index (χ4n) is 2.05. The molecule has 1 atom stereocenters. The van der Waals surface area contributed by atoms with Gasteiger partial charge in [0.2, 0.25) is 0 Å². The van der Waals surface area contributed by atoms with Gasteiger partial charge in [-0.2, -0.15) is 11.8 Å². The number of methoxy groups -OCH3 is 1. The van der Waals surface area contributed by atoms with Crippen molar-refractivity contribution in [3.05, 3.63) is 35.6 Å². The largest absolute Gasteiger partial charge is 0.376 e. The number of rotatable bonds is 5. The summed E-state index contributed by atoms with van der Waals surface area (Å²) >= 11 is 1.84. The number of amides is 2. The molecule has 2 amide bonds. The number of hydrogen-bond acceptors (Lipinski definition) is 3. The van der Waals surface area contributed by atoms with Crippen molar-refractivity contribution in [2.45, 2.75) is 18.6 Å². The Morgan fingerprint density at radius 3 is 2.75 bits per heavy atom. The average Bonchev–Trinajstić information content (AvgIpc) is 2.94. The predicted molar refractivity (Wildman–Crippen MR) is 78.3 cm³/mol. The summed E-state index contributed by atoms with van der Waals surface area (Å²) in [7, 11) is 1.68. The fourth-order valence-corrected chi connectivity index (χ4v) is 3.45. The molecule has 4 nitrogen and oxygen atoms in total. The van der Waals surface area contributed by atoms with Crippen molar-refractivity contribution in [2.24, 2.45) is 0 Å². The van der Waals surface area contributed by atoms with E-state index >= 15 is 0 Å². The molecule has 0 spiro atoms. The third-order valence-corrected chi connectivity index (χ3v) is 4.66. The minimum atomic E-state index is -0.279. The molecule has 1 heterocycles. The lowest BCUT2D eigenvalue weighted by molar-refractivity contribution is 0.0157. The second-order valence-corrected chi connectivity index (χ2v) is 5.96. The van der Waals surface area contributed by atoms with E-state index in [2.05, 4.69) is 10.6 Å². The first-order valence-electron chi connectivity index (χ1n) is 6.53. The van der Waals surface area contributed by atoms with Crippen LogP contribution in [0.4, 0.5) is 9.18 Å². The van der Waals surface area contributed by atoms with Crippen molar-refractivity contribution in [1.82, 2.24) is 10.6 Å². The lowest BCUT2D eigenvalue weighted by Crippen LogP contribution is -2.47. The van der Waals surface area contributed by atoms with E-state index < -0.39 is 0 Å². The monoisotopic (exact) mass is 298 g/mol. The number of halogens is 1. The van der Waals surface area contributed by atoms with Crippen LogP contribution >= 0.6 is 11.8 Å². The van der Waals surface area contributed by atoms with Gasteiger partial charge in [-0.1, -0.05) is 12.1 Å². The van der Waals surface area contributed by atoms with Crippen LogP contribution in [0.1, 0.15) is 12.0 Å². The second-order valence-electron chi connectivity index (χ2n) is 4.85. The van der Waals surface area contributed by atoms with Crippen molar-refractivity contribution in [3.8, 4) is 0 Å². The van der Waals surface area contributed by atoms with Gasteiger partial charge in [0.15, 0.2) is 0 Å². The lowest BCUT2D eigenvalue weighted by atomic mass is 10.0. The van der Waals surface area contributed by atoms with E-state index in [9.17, 15) is 9.18 Å². The number of carbonyl (C=O) groups excluding carboxylic acids is 1. The molecule has 20 heavy (non-hydrogen) atoms. The lowest BCUT2D eigenvalue weighted by Gasteiger charge is -2.26. The summed E-state index contributed by atoms with van der Waals surface area (Å²) in [6, 6.07) is 5.83. The smallest absolute Gasteiger partial charge is 0.315 e. The van der Waals surface area contributed by atoms with Gasteiger partial charge >= 0.3 is 6.03 Å². The molecule has 6 heteroatoms. The highest BCUT2D eigenvalue weighted by molar-refractivity contribution is 7.99. The normalized spacial score (nSPS) is 21.7. The van der Waals surface area contributed by atoms with E-state index in [1.54, 1.807) is 19.2 Å². The number of nitrogens with one attached hydrogen (secondary N) is 2. The summed E-state index contributed by atoms with van der Waals surface area (Å²) in [5.74, 6) is 1.69. The van der Waals surface area contributed by atoms with Gasteiger partial charge in [-0.15, -0.1) is 0 Å². The molecule has 110 valence electrons. The van der Waals surface area contributed by atoms with Gasteiger partial charge in [0.25, 0.3) is 0 Å². The first-order chi connectivity index (χ1) is 9.63. The number of carbonyl (C=O) groups is 1. The predicted octanol–water partition coefficient (Wildman–Crippen LogP) is 2.15. The van der Waals surface area contributed by atoms with E-state index in [1.165, 1.54) is 12.1 Å². The maximum Gasteiger partial charge on any atom is 0.315 e. The summed E-state index contributed by atoms with van der Waals surface area (Å²) in [4.78, 5) is 11.7. The SMILES string of the molecule is COC1(CNC(=O)NCc2ccc(F)cc2)CCSC1. The number of urea groups is 1. The number of hydrogen-bond donors (Lipinski definition) is 2. The molecule has 0 aromatic heterocycles. The van der Waals surface area contributed by atoms with Crippen LogP contribution in [0.25, 0.3) is 0 Å². The third kappa shape index (κ3) is 4.11. The van der Waals surface area contributed by atoms with Crippen LogP contribution in [-0.2, 0) is 11.3 Å². The molecule has 1 aromatic rings. The zero-order valence-corrected chi connectivity index (χ0v) is 12.3. The third-order valence-electron chi connectivity index (χ3n) is 3.44. The van der Waals surface area contributed by atoms with E-state index in [-0.39, 0.29) is 17.4 Å². The van der Waals surface area contributed by atoms with Crippen molar-refractivity contribution >= 4 is 17.8 Å². The van der Waals surface area contributed by atoms with Gasteiger partial charge < -0.3 is 15.4 Å². The van der Waals surface area contributed by atoms with Crippen LogP contribution in [0.5, 0.6) is 0 Å². The quantitative estimate of drug-likeness (QED) is 0.876. The maximum atomic E-state index is 12.7. The van der Waals surface area contributed by atoms with Gasteiger partial charge in [-0.3, -0.25) is 0 Å². The molecule has 0 radical (unpaired) electrons. The van der Waals surface area contributed by atoms with Crippen LogP contribution in [0, 0.1) is 5.82 Å². The van der Waals surface area contributed by atoms with Crippen molar-refractivity contribution in [1.29, 1.82) is 0 Å². The standard InChI is InChI=1S/C14H19FN2O2S/c1-19-14(6-7-20-10-14)9-17-13(18)16-8-11-2-4-12(15)5-3-11/h2-5H,6-10H2,1H3,(H2,16,17,18). The van der Waals surface area contributed by atoms with E-state index in [0.717, 1.165) is 23.5 Å². The number of ether oxygens (including phenoxy) is 1. The van der Waals surface area contributed by atoms with Gasteiger partial charge in [-0.25, -0.2) is 9.18 Å². The van der Waals surface area contributed by atoms with E-state index in [4.69, 9.17) is 4.74 Å². The molecular formula is C14H19FN2O2S. The zero-order valence-electron chi connectivity index (χ0n) is 11.4. The molecule has 1 aliphatic heterocycles. The average molecular weight is 298 g/mol. The minimum Gasteiger partial charge on any atom is -0.376 e. The first-order valence-corrected chi connectivity index (χ1v) is 7.68. The van der Waals surface area contributed by atoms with Crippen LogP contribution in [0.15, 0.2) is 24.3 Å². The Hall–Kier alpha value is -1.27. The molecular weight excluding hydrogens is 279 g/mol. The Morgan fingerprint density at radius 1 is 1.40 bits per heavy atom. The van der Waals surface area contributed by atoms with Crippen LogP contribution in [0.3, 0.4) is 0 Å². The Bertz CT molecular complexity index is 447. The van der Waals surface area contributed by atoms with Gasteiger partial charge in [-0.05, 0) is 29.9 Å². The molecule has 0 saturated carbocycles. The van der Waals surface area contributed by atoms with Crippen LogP contribution in [-0.4, -0.2) is 36.8 Å². The molecule has 1 aliphatic rings. The summed E-state index contributed by atoms with van der Waals surface area (Å²) in [6.07, 6.45) is 0.951. The minimum absolute atomic E-state index is 0.234. The Kier molecular flexibility index (Phi) is 5.25. The first kappa shape index (κ1) is 15.1. The molecule has 0 bridgehead atoms. The van der Waals surface area contributed by atoms with E-state index in [0.29, 0.717) is 13.1 Å². The van der Waals surface area contributed by atoms with Crippen molar-refractivity contribution < 1.29 is 13.9 Å². The second kappa shape index (κ2) is 6.95. The highest BCUT2D eigenvalue weighted by Crippen LogP contribution is 2.30. The molecule has 1 aromatic carbocycles. The molecule has 2 N–H and O–H groups in total. The van der Waals surface area contributed by atoms with Gasteiger partial charge in [0, 0.05) is 26.0 Å². The summed E-state index contributed by atoms with van der Waals surface area (Å²) in [5, 5.41) is 5.58. The van der Waals surface area contributed by atoms with E-state index in [1.807, 2.05) is 11.8 Å². The fraction of sp³-hybridized carbons (Fsp3) is 0.500. The number of thioether (sulfide) groups is 1. The Labute approximate surface area is 122 Å². The molecule has 1 fully saturated rings. The maximum absolute atomic E-state index is 12.7. The Morgan fingerprint density at radius 2 is 2.15 bits per heavy atom. The molecule has 1 saturated heterocycles. The summed E-state index contributed by atoms with van der Waals surface area (Å²) in [6.45, 7) is 0.882. The van der Waals surface area contributed by atoms with Gasteiger partial charge in [0.1, 0.15) is 5.82 Å². The molecule has 1 unspecified atom stereocenters. The number of benzene rings is 1. The van der Waals surface area contributed by atoms with Crippen molar-refractivity contribution in [2.75, 3.05) is 25.2 Å². The molecule has 2 rings (SSSR count). The topological polar surface area (TPSA) is 50.4 Å². The highest BCUT2D eigenvalue weighted by atomic mass is 32.2.